The summed E-state index contributed by atoms with van der Waals surface area (Å²) in [5.41, 5.74) is 3.93. The zero-order chi connectivity index (χ0) is 18.7. The lowest BCUT2D eigenvalue weighted by Gasteiger charge is -2.18. The van der Waals surface area contributed by atoms with Crippen LogP contribution in [-0.2, 0) is 5.41 Å². The fourth-order valence-electron chi connectivity index (χ4n) is 2.40. The van der Waals surface area contributed by atoms with Crippen LogP contribution in [0.15, 0.2) is 53.9 Å². The maximum absolute atomic E-state index is 12.1. The van der Waals surface area contributed by atoms with Crippen LogP contribution in [0, 0.1) is 0 Å². The third kappa shape index (κ3) is 4.62. The highest BCUT2D eigenvalue weighted by Crippen LogP contribution is 2.28. The Morgan fingerprint density at radius 3 is 2.27 bits per heavy atom. The van der Waals surface area contributed by atoms with E-state index in [0.29, 0.717) is 15.8 Å². The smallest absolute Gasteiger partial charge is 0.308 e. The molecule has 0 aliphatic heterocycles. The molecule has 0 saturated heterocycles. The number of urea groups is 1. The van der Waals surface area contributed by atoms with E-state index in [1.165, 1.54) is 16.9 Å². The first-order chi connectivity index (χ1) is 12.3. The number of benzene rings is 2. The predicted octanol–water partition coefficient (Wildman–Crippen LogP) is 6.41. The molecule has 3 aromatic rings. The fourth-order valence-corrected chi connectivity index (χ4v) is 3.24. The van der Waals surface area contributed by atoms with Gasteiger partial charge in [-0.25, -0.2) is 9.78 Å². The van der Waals surface area contributed by atoms with Gasteiger partial charge >= 0.3 is 6.03 Å². The number of nitrogens with one attached hydrogen (secondary N) is 2. The van der Waals surface area contributed by atoms with Crippen molar-refractivity contribution >= 4 is 39.8 Å². The van der Waals surface area contributed by atoms with Crippen molar-refractivity contribution in [1.29, 1.82) is 0 Å². The average Bonchev–Trinajstić information content (AvgIpc) is 3.04. The maximum Gasteiger partial charge on any atom is 0.325 e. The molecule has 134 valence electrons. The molecule has 1 heterocycles. The van der Waals surface area contributed by atoms with Crippen molar-refractivity contribution in [3.05, 3.63) is 64.5 Å². The molecule has 4 nitrogen and oxygen atoms in total. The van der Waals surface area contributed by atoms with Crippen LogP contribution in [0.4, 0.5) is 15.6 Å². The molecule has 0 bridgehead atoms. The minimum Gasteiger partial charge on any atom is -0.308 e. The number of anilines is 2. The Morgan fingerprint density at radius 1 is 1.00 bits per heavy atom. The Kier molecular flexibility index (Phi) is 5.30. The Balaban J connectivity index is 1.66. The molecule has 0 aliphatic rings. The van der Waals surface area contributed by atoms with Crippen molar-refractivity contribution in [3.63, 3.8) is 0 Å². The molecular weight excluding hydrogens is 366 g/mol. The largest absolute Gasteiger partial charge is 0.325 e. The van der Waals surface area contributed by atoms with Gasteiger partial charge in [-0.2, -0.15) is 0 Å². The number of carbonyl (C=O) groups is 1. The minimum atomic E-state index is -0.337. The van der Waals surface area contributed by atoms with E-state index in [0.717, 1.165) is 11.3 Å². The fraction of sp³-hybridized carbons (Fsp3) is 0.200. The first-order valence-electron chi connectivity index (χ1n) is 8.21. The normalized spacial score (nSPS) is 11.2. The molecule has 0 radical (unpaired) electrons. The Bertz CT molecular complexity index is 896. The van der Waals surface area contributed by atoms with E-state index >= 15 is 0 Å². The summed E-state index contributed by atoms with van der Waals surface area (Å²) in [6.45, 7) is 6.56. The highest BCUT2D eigenvalue weighted by Gasteiger charge is 2.14. The molecule has 0 unspecified atom stereocenters. The molecule has 6 heteroatoms. The van der Waals surface area contributed by atoms with Crippen LogP contribution in [0.2, 0.25) is 5.02 Å². The van der Waals surface area contributed by atoms with E-state index in [1.54, 1.807) is 24.3 Å². The number of amides is 2. The van der Waals surface area contributed by atoms with Crippen molar-refractivity contribution in [2.75, 3.05) is 10.6 Å². The number of halogens is 1. The van der Waals surface area contributed by atoms with Gasteiger partial charge in [-0.3, -0.25) is 5.32 Å². The summed E-state index contributed by atoms with van der Waals surface area (Å²) >= 11 is 7.23. The third-order valence-electron chi connectivity index (χ3n) is 3.87. The number of rotatable bonds is 3. The van der Waals surface area contributed by atoms with E-state index in [-0.39, 0.29) is 11.4 Å². The van der Waals surface area contributed by atoms with Crippen LogP contribution in [0.5, 0.6) is 0 Å². The van der Waals surface area contributed by atoms with E-state index in [1.807, 2.05) is 5.38 Å². The standard InChI is InChI=1S/C20H20ClN3OS/c1-20(2,3)14-6-4-13(5-7-14)17-12-26-19(23-17)24-18(25)22-16-10-8-15(21)9-11-16/h4-12H,1-3H3,(H2,22,23,24,25). The van der Waals surface area contributed by atoms with Gasteiger partial charge < -0.3 is 5.32 Å². The van der Waals surface area contributed by atoms with Crippen LogP contribution in [-0.4, -0.2) is 11.0 Å². The van der Waals surface area contributed by atoms with E-state index in [4.69, 9.17) is 11.6 Å². The molecule has 0 saturated carbocycles. The summed E-state index contributed by atoms with van der Waals surface area (Å²) in [4.78, 5) is 16.6. The van der Waals surface area contributed by atoms with E-state index in [9.17, 15) is 4.79 Å². The lowest BCUT2D eigenvalue weighted by molar-refractivity contribution is 0.262. The molecule has 2 aromatic carbocycles. The second-order valence-corrected chi connectivity index (χ2v) is 8.25. The Labute approximate surface area is 162 Å². The van der Waals surface area contributed by atoms with Crippen molar-refractivity contribution in [2.45, 2.75) is 26.2 Å². The van der Waals surface area contributed by atoms with Gasteiger partial charge in [-0.1, -0.05) is 56.6 Å². The Hall–Kier alpha value is -2.37. The third-order valence-corrected chi connectivity index (χ3v) is 4.88. The zero-order valence-electron chi connectivity index (χ0n) is 14.8. The second kappa shape index (κ2) is 7.48. The van der Waals surface area contributed by atoms with Gasteiger partial charge in [0.05, 0.1) is 5.69 Å². The summed E-state index contributed by atoms with van der Waals surface area (Å²) in [5.74, 6) is 0. The molecule has 1 aromatic heterocycles. The van der Waals surface area contributed by atoms with E-state index < -0.39 is 0 Å². The molecule has 26 heavy (non-hydrogen) atoms. The van der Waals surface area contributed by atoms with Crippen LogP contribution < -0.4 is 10.6 Å². The quantitative estimate of drug-likeness (QED) is 0.547. The number of aromatic nitrogens is 1. The molecule has 2 N–H and O–H groups in total. The predicted molar refractivity (Wildman–Crippen MR) is 110 cm³/mol. The van der Waals surface area contributed by atoms with Gasteiger partial charge in [-0.15, -0.1) is 11.3 Å². The first-order valence-corrected chi connectivity index (χ1v) is 9.47. The first kappa shape index (κ1) is 18.4. The van der Waals surface area contributed by atoms with E-state index in [2.05, 4.69) is 60.7 Å². The monoisotopic (exact) mass is 385 g/mol. The van der Waals surface area contributed by atoms with Crippen molar-refractivity contribution in [3.8, 4) is 11.3 Å². The number of hydrogen-bond acceptors (Lipinski definition) is 3. The lowest BCUT2D eigenvalue weighted by Crippen LogP contribution is -2.19. The topological polar surface area (TPSA) is 54.0 Å². The summed E-state index contributed by atoms with van der Waals surface area (Å²) in [7, 11) is 0. The van der Waals surface area contributed by atoms with Gasteiger partial charge in [0.2, 0.25) is 0 Å². The van der Waals surface area contributed by atoms with Gasteiger partial charge in [-0.05, 0) is 35.2 Å². The van der Waals surface area contributed by atoms with Crippen LogP contribution in [0.1, 0.15) is 26.3 Å². The van der Waals surface area contributed by atoms with Crippen molar-refractivity contribution in [1.82, 2.24) is 4.98 Å². The summed E-state index contributed by atoms with van der Waals surface area (Å²) in [6.07, 6.45) is 0. The van der Waals surface area contributed by atoms with Gasteiger partial charge in [0.15, 0.2) is 5.13 Å². The molecule has 0 fully saturated rings. The minimum absolute atomic E-state index is 0.118. The highest BCUT2D eigenvalue weighted by molar-refractivity contribution is 7.14. The summed E-state index contributed by atoms with van der Waals surface area (Å²) in [6, 6.07) is 15.0. The molecular formula is C20H20ClN3OS. The van der Waals surface area contributed by atoms with Gasteiger partial charge in [0.1, 0.15) is 0 Å². The van der Waals surface area contributed by atoms with Crippen LogP contribution in [0.25, 0.3) is 11.3 Å². The molecule has 3 rings (SSSR count). The number of thiazole rings is 1. The summed E-state index contributed by atoms with van der Waals surface area (Å²) < 4.78 is 0. The average molecular weight is 386 g/mol. The zero-order valence-corrected chi connectivity index (χ0v) is 16.4. The highest BCUT2D eigenvalue weighted by atomic mass is 35.5. The molecule has 0 atom stereocenters. The van der Waals surface area contributed by atoms with Crippen molar-refractivity contribution in [2.24, 2.45) is 0 Å². The van der Waals surface area contributed by atoms with Gasteiger partial charge in [0, 0.05) is 21.7 Å². The van der Waals surface area contributed by atoms with Gasteiger partial charge in [0.25, 0.3) is 0 Å². The summed E-state index contributed by atoms with van der Waals surface area (Å²) in [5, 5.41) is 8.61. The van der Waals surface area contributed by atoms with Crippen LogP contribution >= 0.6 is 22.9 Å². The number of carbonyl (C=O) groups excluding carboxylic acids is 1. The number of nitrogens with zero attached hydrogens (tertiary/aromatic N) is 1. The second-order valence-electron chi connectivity index (χ2n) is 6.95. The SMILES string of the molecule is CC(C)(C)c1ccc(-c2csc(NC(=O)Nc3ccc(Cl)cc3)n2)cc1. The molecule has 2 amide bonds. The number of hydrogen-bond donors (Lipinski definition) is 2. The molecule has 0 aliphatic carbocycles. The van der Waals surface area contributed by atoms with Crippen molar-refractivity contribution < 1.29 is 4.79 Å². The molecule has 0 spiro atoms. The Morgan fingerprint density at radius 2 is 1.65 bits per heavy atom. The maximum atomic E-state index is 12.1. The lowest BCUT2D eigenvalue weighted by atomic mass is 9.86. The van der Waals surface area contributed by atoms with Crippen LogP contribution in [0.3, 0.4) is 0 Å².